The second-order valence-corrected chi connectivity index (χ2v) is 13.5. The van der Waals surface area contributed by atoms with Crippen molar-refractivity contribution >= 4 is 57.6 Å². The van der Waals surface area contributed by atoms with Crippen molar-refractivity contribution in [3.63, 3.8) is 0 Å². The summed E-state index contributed by atoms with van der Waals surface area (Å²) in [5, 5.41) is 11.1. The topological polar surface area (TPSA) is 104 Å². The van der Waals surface area contributed by atoms with E-state index < -0.39 is 70.6 Å². The lowest BCUT2D eigenvalue weighted by molar-refractivity contribution is -0.274. The molecule has 4 aliphatic rings. The Hall–Kier alpha value is -4.20. The minimum absolute atomic E-state index is 0.0361. The Labute approximate surface area is 275 Å². The van der Waals surface area contributed by atoms with Crippen LogP contribution in [0.3, 0.4) is 0 Å². The van der Waals surface area contributed by atoms with Gasteiger partial charge in [0.1, 0.15) is 11.5 Å². The van der Waals surface area contributed by atoms with Crippen molar-refractivity contribution in [3.05, 3.63) is 93.6 Å². The highest BCUT2D eigenvalue weighted by Gasteiger charge is 2.68. The SMILES string of the molecule is C[C@@]12C(=O)N(c3ccccc3)C(=O)[C@@H]1C[C@@H]1C(=CC[C@@H]3C(=O)N(c4ccc(I)cc4)C(=O)[C@@H]31)[C@@H]2c1cc(OC(F)(F)F)ccc1O. The van der Waals surface area contributed by atoms with E-state index in [2.05, 4.69) is 27.3 Å². The fourth-order valence-corrected chi connectivity index (χ4v) is 8.35. The van der Waals surface area contributed by atoms with Crippen LogP contribution in [-0.2, 0) is 19.2 Å². The molecule has 3 fully saturated rings. The van der Waals surface area contributed by atoms with Gasteiger partial charge in [0, 0.05) is 15.1 Å². The first-order valence-electron chi connectivity index (χ1n) is 14.7. The summed E-state index contributed by atoms with van der Waals surface area (Å²) in [7, 11) is 0. The van der Waals surface area contributed by atoms with E-state index in [1.54, 1.807) is 67.6 Å². The third-order valence-electron chi connectivity index (χ3n) is 9.92. The number of imide groups is 2. The number of fused-ring (bicyclic) bond motifs is 4. The molecule has 7 rings (SSSR count). The average molecular weight is 742 g/mol. The molecule has 0 radical (unpaired) electrons. The number of aromatic hydroxyl groups is 1. The molecule has 12 heteroatoms. The van der Waals surface area contributed by atoms with Crippen LogP contribution in [0.5, 0.6) is 11.5 Å². The molecule has 1 saturated carbocycles. The summed E-state index contributed by atoms with van der Waals surface area (Å²) in [5.74, 6) is -7.31. The van der Waals surface area contributed by atoms with Crippen molar-refractivity contribution in [2.24, 2.45) is 29.1 Å². The number of phenols is 1. The van der Waals surface area contributed by atoms with Gasteiger partial charge in [-0.15, -0.1) is 13.2 Å². The van der Waals surface area contributed by atoms with Gasteiger partial charge in [0.25, 0.3) is 0 Å². The number of hydrogen-bond donors (Lipinski definition) is 1. The summed E-state index contributed by atoms with van der Waals surface area (Å²) in [5.41, 5.74) is -0.303. The van der Waals surface area contributed by atoms with Gasteiger partial charge in [-0.25, -0.2) is 4.90 Å². The predicted molar refractivity (Wildman–Crippen MR) is 168 cm³/mol. The molecule has 1 N–H and O–H groups in total. The van der Waals surface area contributed by atoms with Crippen LogP contribution >= 0.6 is 22.6 Å². The molecular weight excluding hydrogens is 716 g/mol. The van der Waals surface area contributed by atoms with Gasteiger partial charge in [-0.3, -0.25) is 24.1 Å². The maximum atomic E-state index is 14.4. The molecule has 2 heterocycles. The van der Waals surface area contributed by atoms with E-state index in [0.29, 0.717) is 16.9 Å². The summed E-state index contributed by atoms with van der Waals surface area (Å²) >= 11 is 2.12. The van der Waals surface area contributed by atoms with Crippen LogP contribution in [0.4, 0.5) is 24.5 Å². The zero-order chi connectivity index (χ0) is 32.7. The smallest absolute Gasteiger partial charge is 0.508 e. The highest BCUT2D eigenvalue weighted by Crippen LogP contribution is 2.64. The van der Waals surface area contributed by atoms with Crippen LogP contribution in [0.25, 0.3) is 0 Å². The Morgan fingerprint density at radius 2 is 1.54 bits per heavy atom. The fraction of sp³-hybridized carbons (Fsp3) is 0.294. The van der Waals surface area contributed by atoms with E-state index in [0.717, 1.165) is 31.6 Å². The van der Waals surface area contributed by atoms with E-state index >= 15 is 0 Å². The highest BCUT2D eigenvalue weighted by molar-refractivity contribution is 14.1. The van der Waals surface area contributed by atoms with Gasteiger partial charge in [0.05, 0.1) is 34.5 Å². The third kappa shape index (κ3) is 4.55. The molecule has 0 aromatic heterocycles. The van der Waals surface area contributed by atoms with Gasteiger partial charge in [-0.1, -0.05) is 29.8 Å². The van der Waals surface area contributed by atoms with Gasteiger partial charge in [-0.2, -0.15) is 0 Å². The fourth-order valence-electron chi connectivity index (χ4n) is 7.99. The summed E-state index contributed by atoms with van der Waals surface area (Å²) in [6.45, 7) is 1.59. The number of hydrogen-bond acceptors (Lipinski definition) is 6. The monoisotopic (exact) mass is 742 g/mol. The minimum Gasteiger partial charge on any atom is -0.508 e. The van der Waals surface area contributed by atoms with Crippen LogP contribution in [0.1, 0.15) is 31.2 Å². The molecule has 2 saturated heterocycles. The summed E-state index contributed by atoms with van der Waals surface area (Å²) < 4.78 is 44.9. The van der Waals surface area contributed by atoms with E-state index in [4.69, 9.17) is 0 Å². The second-order valence-electron chi connectivity index (χ2n) is 12.3. The Balaban J connectivity index is 1.38. The molecular formula is C34H26F3IN2O6. The number of allylic oxidation sites excluding steroid dienone is 2. The van der Waals surface area contributed by atoms with Crippen LogP contribution in [0, 0.1) is 32.7 Å². The zero-order valence-electron chi connectivity index (χ0n) is 24.2. The van der Waals surface area contributed by atoms with Crippen LogP contribution in [-0.4, -0.2) is 35.1 Å². The number of rotatable bonds is 4. The van der Waals surface area contributed by atoms with Crippen molar-refractivity contribution in [3.8, 4) is 11.5 Å². The molecule has 2 aliphatic heterocycles. The molecule has 4 amide bonds. The molecule has 6 atom stereocenters. The number of carbonyl (C=O) groups excluding carboxylic acids is 4. The molecule has 236 valence electrons. The molecule has 0 bridgehead atoms. The molecule has 2 aliphatic carbocycles. The third-order valence-corrected chi connectivity index (χ3v) is 10.6. The molecule has 0 unspecified atom stereocenters. The number of ether oxygens (including phenoxy) is 1. The predicted octanol–water partition coefficient (Wildman–Crippen LogP) is 6.33. The van der Waals surface area contributed by atoms with Gasteiger partial charge < -0.3 is 9.84 Å². The lowest BCUT2D eigenvalue weighted by Gasteiger charge is -2.49. The van der Waals surface area contributed by atoms with Crippen LogP contribution in [0.15, 0.2) is 84.4 Å². The normalized spacial score (nSPS) is 29.0. The number of alkyl halides is 3. The number of anilines is 2. The Morgan fingerprint density at radius 3 is 2.22 bits per heavy atom. The number of halogens is 4. The van der Waals surface area contributed by atoms with E-state index in [1.165, 1.54) is 0 Å². The lowest BCUT2D eigenvalue weighted by atomic mass is 9.51. The van der Waals surface area contributed by atoms with Crippen LogP contribution < -0.4 is 14.5 Å². The molecule has 3 aromatic rings. The van der Waals surface area contributed by atoms with E-state index in [9.17, 15) is 37.5 Å². The van der Waals surface area contributed by atoms with Crippen LogP contribution in [0.2, 0.25) is 0 Å². The largest absolute Gasteiger partial charge is 0.573 e. The lowest BCUT2D eigenvalue weighted by Crippen LogP contribution is -2.49. The van der Waals surface area contributed by atoms with Crippen molar-refractivity contribution < 1.29 is 42.2 Å². The first-order chi connectivity index (χ1) is 21.8. The second kappa shape index (κ2) is 10.7. The van der Waals surface area contributed by atoms with E-state index in [1.807, 2.05) is 0 Å². The number of phenolic OH excluding ortho intramolecular Hbond substituents is 1. The number of para-hydroxylation sites is 1. The zero-order valence-corrected chi connectivity index (χ0v) is 26.4. The highest BCUT2D eigenvalue weighted by atomic mass is 127. The quantitative estimate of drug-likeness (QED) is 0.191. The Bertz CT molecular complexity index is 1830. The maximum absolute atomic E-state index is 14.4. The standard InChI is InChI=1S/C34H26F3IN2O6/c1-33-25(30(43)40(32(33)45)18-5-3-2-4-6-18)16-23-21(28(33)24-15-20(11-14-26(24)41)46-34(35,36)37)12-13-22-27(23)31(44)39(29(22)42)19-9-7-17(38)8-10-19/h2-12,14-15,22-23,25,27-28,41H,13,16H2,1H3/t22-,23+,25-,27-,28+,33+/m0/s1. The van der Waals surface area contributed by atoms with E-state index in [-0.39, 0.29) is 24.3 Å². The van der Waals surface area contributed by atoms with Gasteiger partial charge in [-0.05, 0) is 103 Å². The maximum Gasteiger partial charge on any atom is 0.573 e. The average Bonchev–Trinajstić information content (AvgIpc) is 3.38. The summed E-state index contributed by atoms with van der Waals surface area (Å²) in [4.78, 5) is 58.7. The molecule has 8 nitrogen and oxygen atoms in total. The van der Waals surface area contributed by atoms with Crippen molar-refractivity contribution in [2.45, 2.75) is 32.0 Å². The number of amides is 4. The van der Waals surface area contributed by atoms with Gasteiger partial charge >= 0.3 is 6.36 Å². The number of nitrogens with zero attached hydrogens (tertiary/aromatic N) is 2. The summed E-state index contributed by atoms with van der Waals surface area (Å²) in [6.07, 6.45) is -3.05. The van der Waals surface area contributed by atoms with Gasteiger partial charge in [0.2, 0.25) is 23.6 Å². The number of carbonyl (C=O) groups is 4. The summed E-state index contributed by atoms with van der Waals surface area (Å²) in [6, 6.07) is 18.3. The van der Waals surface area contributed by atoms with Crippen molar-refractivity contribution in [1.82, 2.24) is 0 Å². The minimum atomic E-state index is -5.02. The first kappa shape index (κ1) is 30.5. The Kier molecular flexibility index (Phi) is 7.07. The molecule has 3 aromatic carbocycles. The van der Waals surface area contributed by atoms with Gasteiger partial charge in [0.15, 0.2) is 0 Å². The van der Waals surface area contributed by atoms with Crippen molar-refractivity contribution in [1.29, 1.82) is 0 Å². The van der Waals surface area contributed by atoms with Crippen molar-refractivity contribution in [2.75, 3.05) is 9.80 Å². The molecule has 0 spiro atoms. The Morgan fingerprint density at radius 1 is 0.870 bits per heavy atom. The molecule has 46 heavy (non-hydrogen) atoms. The first-order valence-corrected chi connectivity index (χ1v) is 15.7. The number of benzene rings is 3.